The summed E-state index contributed by atoms with van der Waals surface area (Å²) in [6.07, 6.45) is 6.48. The molecular weight excluding hydrogens is 204 g/mol. The molecule has 2 aliphatic rings. The summed E-state index contributed by atoms with van der Waals surface area (Å²) in [5.74, 6) is 0. The van der Waals surface area contributed by atoms with Gasteiger partial charge in [0.25, 0.3) is 0 Å². The molecule has 1 N–H and O–H groups in total. The highest BCUT2D eigenvalue weighted by Crippen LogP contribution is 2.36. The van der Waals surface area contributed by atoms with Crippen LogP contribution in [0.25, 0.3) is 0 Å². The van der Waals surface area contributed by atoms with Gasteiger partial charge in [0, 0.05) is 10.8 Å². The summed E-state index contributed by atoms with van der Waals surface area (Å²) in [5, 5.41) is 5.61. The highest BCUT2D eigenvalue weighted by molar-refractivity contribution is 8.14. The highest BCUT2D eigenvalue weighted by Gasteiger charge is 2.36. The van der Waals surface area contributed by atoms with Crippen LogP contribution in [0.15, 0.2) is 4.99 Å². The number of amidine groups is 1. The van der Waals surface area contributed by atoms with Gasteiger partial charge in [-0.25, -0.2) is 0 Å². The molecule has 1 heterocycles. The van der Waals surface area contributed by atoms with Gasteiger partial charge in [0.2, 0.25) is 0 Å². The first-order chi connectivity index (χ1) is 7.13. The van der Waals surface area contributed by atoms with Gasteiger partial charge in [-0.3, -0.25) is 4.99 Å². The van der Waals surface area contributed by atoms with Gasteiger partial charge in [-0.15, -0.1) is 0 Å². The monoisotopic (exact) mass is 226 g/mol. The molecule has 0 radical (unpaired) electrons. The number of rotatable bonds is 2. The van der Waals surface area contributed by atoms with E-state index < -0.39 is 0 Å². The SMILES string of the molecule is CCC1(NC2=NC(C)CC(C)S2)CCC1. The first-order valence-electron chi connectivity index (χ1n) is 6.16. The van der Waals surface area contributed by atoms with Crippen LogP contribution >= 0.6 is 11.8 Å². The molecule has 0 spiro atoms. The Hall–Kier alpha value is -0.180. The van der Waals surface area contributed by atoms with Crippen LogP contribution in [-0.4, -0.2) is 22.0 Å². The van der Waals surface area contributed by atoms with Crippen molar-refractivity contribution in [3.63, 3.8) is 0 Å². The normalized spacial score (nSPS) is 34.2. The molecule has 0 aromatic carbocycles. The molecular formula is C12H22N2S. The van der Waals surface area contributed by atoms with E-state index in [0.717, 1.165) is 0 Å². The van der Waals surface area contributed by atoms with Gasteiger partial charge in [-0.2, -0.15) is 0 Å². The Balaban J connectivity index is 1.98. The lowest BCUT2D eigenvalue weighted by Crippen LogP contribution is -2.53. The molecule has 0 aromatic heterocycles. The molecule has 0 bridgehead atoms. The number of nitrogens with zero attached hydrogens (tertiary/aromatic N) is 1. The van der Waals surface area contributed by atoms with Crippen LogP contribution in [-0.2, 0) is 0 Å². The van der Waals surface area contributed by atoms with E-state index in [1.807, 2.05) is 11.8 Å². The Bertz CT molecular complexity index is 253. The van der Waals surface area contributed by atoms with Gasteiger partial charge in [0.15, 0.2) is 5.17 Å². The van der Waals surface area contributed by atoms with Crippen LogP contribution in [0.1, 0.15) is 52.9 Å². The van der Waals surface area contributed by atoms with Gasteiger partial charge >= 0.3 is 0 Å². The largest absolute Gasteiger partial charge is 0.359 e. The zero-order chi connectivity index (χ0) is 10.9. The van der Waals surface area contributed by atoms with Gasteiger partial charge < -0.3 is 5.32 Å². The smallest absolute Gasteiger partial charge is 0.157 e. The van der Waals surface area contributed by atoms with Crippen molar-refractivity contribution in [3.05, 3.63) is 0 Å². The van der Waals surface area contributed by atoms with E-state index in [1.54, 1.807) is 0 Å². The lowest BCUT2D eigenvalue weighted by atomic mass is 9.75. The minimum absolute atomic E-state index is 0.391. The van der Waals surface area contributed by atoms with Crippen molar-refractivity contribution in [2.45, 2.75) is 69.7 Å². The minimum atomic E-state index is 0.391. The topological polar surface area (TPSA) is 24.4 Å². The summed E-state index contributed by atoms with van der Waals surface area (Å²) in [6, 6.07) is 0.498. The molecule has 0 saturated heterocycles. The molecule has 3 heteroatoms. The van der Waals surface area contributed by atoms with E-state index in [-0.39, 0.29) is 0 Å². The molecule has 1 aliphatic heterocycles. The van der Waals surface area contributed by atoms with Crippen LogP contribution in [0.4, 0.5) is 0 Å². The predicted molar refractivity (Wildman–Crippen MR) is 68.6 cm³/mol. The van der Waals surface area contributed by atoms with Crippen LogP contribution < -0.4 is 5.32 Å². The van der Waals surface area contributed by atoms with Gasteiger partial charge in [-0.1, -0.05) is 25.6 Å². The quantitative estimate of drug-likeness (QED) is 0.782. The Kier molecular flexibility index (Phi) is 3.29. The van der Waals surface area contributed by atoms with Crippen molar-refractivity contribution in [3.8, 4) is 0 Å². The summed E-state index contributed by atoms with van der Waals surface area (Å²) >= 11 is 1.92. The molecule has 0 amide bonds. The lowest BCUT2D eigenvalue weighted by Gasteiger charge is -2.43. The third-order valence-electron chi connectivity index (χ3n) is 3.68. The Labute approximate surface area is 97.3 Å². The molecule has 1 aliphatic carbocycles. The van der Waals surface area contributed by atoms with Crippen molar-refractivity contribution in [1.29, 1.82) is 0 Å². The van der Waals surface area contributed by atoms with Gasteiger partial charge in [0.1, 0.15) is 0 Å². The second-order valence-electron chi connectivity index (χ2n) is 5.06. The fourth-order valence-corrected chi connectivity index (χ4v) is 3.73. The zero-order valence-electron chi connectivity index (χ0n) is 10.0. The van der Waals surface area contributed by atoms with E-state index in [0.29, 0.717) is 16.8 Å². The van der Waals surface area contributed by atoms with E-state index in [2.05, 4.69) is 26.1 Å². The predicted octanol–water partition coefficient (Wildman–Crippen LogP) is 3.18. The van der Waals surface area contributed by atoms with Crippen molar-refractivity contribution >= 4 is 16.9 Å². The zero-order valence-corrected chi connectivity index (χ0v) is 10.9. The number of thioether (sulfide) groups is 1. The summed E-state index contributed by atoms with van der Waals surface area (Å²) < 4.78 is 0. The third kappa shape index (κ3) is 2.49. The molecule has 2 unspecified atom stereocenters. The summed E-state index contributed by atoms with van der Waals surface area (Å²) in [6.45, 7) is 6.81. The number of aliphatic imine (C=N–C) groups is 1. The second kappa shape index (κ2) is 4.36. The molecule has 1 saturated carbocycles. The first-order valence-corrected chi connectivity index (χ1v) is 7.04. The molecule has 1 fully saturated rings. The minimum Gasteiger partial charge on any atom is -0.359 e. The molecule has 0 aromatic rings. The van der Waals surface area contributed by atoms with E-state index in [1.165, 1.54) is 37.3 Å². The molecule has 15 heavy (non-hydrogen) atoms. The Morgan fingerprint density at radius 2 is 2.20 bits per heavy atom. The number of hydrogen-bond acceptors (Lipinski definition) is 3. The average Bonchev–Trinajstić information content (AvgIpc) is 2.10. The van der Waals surface area contributed by atoms with Crippen LogP contribution in [0.2, 0.25) is 0 Å². The average molecular weight is 226 g/mol. The number of hydrogen-bond donors (Lipinski definition) is 1. The summed E-state index contributed by atoms with van der Waals surface area (Å²) in [4.78, 5) is 4.72. The van der Waals surface area contributed by atoms with Gasteiger partial charge in [-0.05, 0) is 39.0 Å². The maximum atomic E-state index is 4.72. The van der Waals surface area contributed by atoms with Gasteiger partial charge in [0.05, 0.1) is 6.04 Å². The van der Waals surface area contributed by atoms with Crippen molar-refractivity contribution in [2.75, 3.05) is 0 Å². The Morgan fingerprint density at radius 1 is 1.47 bits per heavy atom. The third-order valence-corrected chi connectivity index (χ3v) is 4.71. The molecule has 2 atom stereocenters. The fraction of sp³-hybridized carbons (Fsp3) is 0.917. The maximum Gasteiger partial charge on any atom is 0.157 e. The Morgan fingerprint density at radius 3 is 2.67 bits per heavy atom. The molecule has 2 rings (SSSR count). The van der Waals surface area contributed by atoms with Crippen molar-refractivity contribution < 1.29 is 0 Å². The fourth-order valence-electron chi connectivity index (χ4n) is 2.46. The van der Waals surface area contributed by atoms with Crippen LogP contribution in [0.3, 0.4) is 0 Å². The first kappa shape index (κ1) is 11.3. The van der Waals surface area contributed by atoms with E-state index >= 15 is 0 Å². The van der Waals surface area contributed by atoms with Crippen LogP contribution in [0, 0.1) is 0 Å². The summed E-state index contributed by atoms with van der Waals surface area (Å²) in [7, 11) is 0. The standard InChI is InChI=1S/C12H22N2S/c1-4-12(6-5-7-12)14-11-13-9(2)8-10(3)15-11/h9-10H,4-8H2,1-3H3,(H,13,14). The maximum absolute atomic E-state index is 4.72. The second-order valence-corrected chi connectivity index (χ2v) is 6.49. The number of nitrogens with one attached hydrogen (secondary N) is 1. The van der Waals surface area contributed by atoms with Crippen LogP contribution in [0.5, 0.6) is 0 Å². The summed E-state index contributed by atoms with van der Waals surface area (Å²) in [5.41, 5.74) is 0.391. The molecule has 2 nitrogen and oxygen atoms in total. The van der Waals surface area contributed by atoms with Crippen molar-refractivity contribution in [1.82, 2.24) is 5.32 Å². The molecule has 86 valence electrons. The van der Waals surface area contributed by atoms with Crippen molar-refractivity contribution in [2.24, 2.45) is 4.99 Å². The lowest BCUT2D eigenvalue weighted by molar-refractivity contribution is 0.210. The van der Waals surface area contributed by atoms with E-state index in [4.69, 9.17) is 4.99 Å². The highest BCUT2D eigenvalue weighted by atomic mass is 32.2. The van der Waals surface area contributed by atoms with E-state index in [9.17, 15) is 0 Å².